The van der Waals surface area contributed by atoms with Gasteiger partial charge in [0.1, 0.15) is 0 Å². The SMILES string of the molecule is CCCCC1=Cc2c(ccc(CC(C)C)c2-c2ccccc2)C1C[SiH2]CC1C(CCCC)=Cc2c1ccc(CC(C)C)c2-c1ccccc1. The molecule has 2 atom stereocenters. The molecule has 0 aromatic heterocycles. The molecule has 4 aromatic rings. The zero-order chi connectivity index (χ0) is 34.3. The highest BCUT2D eigenvalue weighted by Crippen LogP contribution is 2.49. The molecule has 0 bridgehead atoms. The van der Waals surface area contributed by atoms with Crippen molar-refractivity contribution >= 4 is 21.7 Å². The van der Waals surface area contributed by atoms with Gasteiger partial charge in [-0.05, 0) is 106 Å². The van der Waals surface area contributed by atoms with E-state index in [1.54, 1.807) is 22.3 Å². The van der Waals surface area contributed by atoms with Gasteiger partial charge in [-0.1, -0.05) is 175 Å². The molecule has 1 heteroatoms. The summed E-state index contributed by atoms with van der Waals surface area (Å²) in [6.07, 6.45) is 15.1. The maximum atomic E-state index is 2.65. The molecule has 0 saturated carbocycles. The van der Waals surface area contributed by atoms with E-state index in [-0.39, 0.29) is 9.52 Å². The molecule has 0 spiro atoms. The van der Waals surface area contributed by atoms with Gasteiger partial charge in [0.2, 0.25) is 0 Å². The van der Waals surface area contributed by atoms with E-state index in [1.807, 2.05) is 0 Å². The molecule has 0 radical (unpaired) electrons. The largest absolute Gasteiger partial charge is 0.0654 e. The van der Waals surface area contributed by atoms with Crippen molar-refractivity contribution in [1.29, 1.82) is 0 Å². The fraction of sp³-hybridized carbons (Fsp3) is 0.417. The second-order valence-electron chi connectivity index (χ2n) is 15.8. The Labute approximate surface area is 301 Å². The minimum atomic E-state index is -0.324. The van der Waals surface area contributed by atoms with E-state index in [2.05, 4.69) is 139 Å². The van der Waals surface area contributed by atoms with Crippen LogP contribution in [0.5, 0.6) is 0 Å². The summed E-state index contributed by atoms with van der Waals surface area (Å²) in [6, 6.07) is 35.3. The summed E-state index contributed by atoms with van der Waals surface area (Å²) >= 11 is 0. The highest BCUT2D eigenvalue weighted by Gasteiger charge is 2.31. The lowest BCUT2D eigenvalue weighted by molar-refractivity contribution is 0.647. The minimum Gasteiger partial charge on any atom is -0.0654 e. The minimum absolute atomic E-state index is 0.324. The van der Waals surface area contributed by atoms with Gasteiger partial charge in [-0.3, -0.25) is 0 Å². The molecule has 0 aliphatic heterocycles. The highest BCUT2D eigenvalue weighted by atomic mass is 28.2. The van der Waals surface area contributed by atoms with Gasteiger partial charge in [0.15, 0.2) is 0 Å². The Morgan fingerprint density at radius 3 is 1.31 bits per heavy atom. The molecule has 2 aliphatic carbocycles. The molecule has 49 heavy (non-hydrogen) atoms. The first kappa shape index (κ1) is 35.4. The number of allylic oxidation sites excluding steroid dienone is 2. The van der Waals surface area contributed by atoms with E-state index < -0.39 is 0 Å². The Morgan fingerprint density at radius 2 is 0.939 bits per heavy atom. The van der Waals surface area contributed by atoms with E-state index >= 15 is 0 Å². The van der Waals surface area contributed by atoms with Gasteiger partial charge in [-0.15, -0.1) is 0 Å². The second-order valence-corrected chi connectivity index (χ2v) is 17.7. The topological polar surface area (TPSA) is 0 Å². The molecule has 2 unspecified atom stereocenters. The predicted molar refractivity (Wildman–Crippen MR) is 219 cm³/mol. The molecule has 0 saturated heterocycles. The van der Waals surface area contributed by atoms with Crippen LogP contribution in [0.1, 0.15) is 125 Å². The molecule has 0 nitrogen and oxygen atoms in total. The third-order valence-corrected chi connectivity index (χ3v) is 13.0. The molecule has 0 fully saturated rings. The first-order chi connectivity index (χ1) is 23.9. The third-order valence-electron chi connectivity index (χ3n) is 11.0. The summed E-state index contributed by atoms with van der Waals surface area (Å²) in [5.41, 5.74) is 18.5. The van der Waals surface area contributed by atoms with Crippen LogP contribution in [0.15, 0.2) is 96.1 Å². The molecule has 0 heterocycles. The molecule has 0 amide bonds. The summed E-state index contributed by atoms with van der Waals surface area (Å²) in [5.74, 6) is 2.48. The van der Waals surface area contributed by atoms with Crippen LogP contribution in [-0.2, 0) is 12.8 Å². The smallest absolute Gasteiger partial charge is 0.0218 e. The molecule has 2 aliphatic rings. The zero-order valence-corrected chi connectivity index (χ0v) is 32.7. The average molecular weight is 665 g/mol. The van der Waals surface area contributed by atoms with E-state index in [0.29, 0.717) is 23.7 Å². The van der Waals surface area contributed by atoms with Crippen LogP contribution >= 0.6 is 0 Å². The van der Waals surface area contributed by atoms with Crippen molar-refractivity contribution in [3.63, 3.8) is 0 Å². The van der Waals surface area contributed by atoms with Crippen LogP contribution in [0.25, 0.3) is 34.4 Å². The van der Waals surface area contributed by atoms with Crippen molar-refractivity contribution in [3.05, 3.63) is 129 Å². The van der Waals surface area contributed by atoms with Crippen molar-refractivity contribution in [2.24, 2.45) is 11.8 Å². The monoisotopic (exact) mass is 664 g/mol. The van der Waals surface area contributed by atoms with Crippen molar-refractivity contribution in [1.82, 2.24) is 0 Å². The van der Waals surface area contributed by atoms with E-state index in [1.165, 1.54) is 95.1 Å². The standard InChI is InChI=1S/C48H60Si/c1-7-9-17-37-29-43-41(25-23-39(27-33(3)4)47(43)35-19-13-11-14-20-35)45(37)31-49-32-46-38(18-10-8-2)30-44-42(46)26-24-40(28-34(5)6)48(44)36-21-15-12-16-22-36/h11-16,19-26,29-30,33-34,45-46H,7-10,17-18,27-28,31-32,49H2,1-6H3. The van der Waals surface area contributed by atoms with Crippen molar-refractivity contribution in [2.75, 3.05) is 0 Å². The highest BCUT2D eigenvalue weighted by molar-refractivity contribution is 6.36. The van der Waals surface area contributed by atoms with Gasteiger partial charge in [0, 0.05) is 21.4 Å². The Kier molecular flexibility index (Phi) is 11.9. The maximum Gasteiger partial charge on any atom is 0.0218 e. The normalized spacial score (nSPS) is 16.9. The lowest BCUT2D eigenvalue weighted by Crippen LogP contribution is -2.09. The van der Waals surface area contributed by atoms with Crippen LogP contribution in [0.4, 0.5) is 0 Å². The first-order valence-electron chi connectivity index (χ1n) is 19.7. The van der Waals surface area contributed by atoms with Crippen molar-refractivity contribution < 1.29 is 0 Å². The van der Waals surface area contributed by atoms with Gasteiger partial charge in [-0.2, -0.15) is 0 Å². The number of unbranched alkanes of at least 4 members (excludes halogenated alkanes) is 2. The average Bonchev–Trinajstić information content (AvgIpc) is 3.63. The summed E-state index contributed by atoms with van der Waals surface area (Å²) in [4.78, 5) is 0. The van der Waals surface area contributed by atoms with Gasteiger partial charge in [-0.25, -0.2) is 0 Å². The van der Waals surface area contributed by atoms with Crippen molar-refractivity contribution in [3.8, 4) is 22.3 Å². The Balaban J connectivity index is 1.32. The fourth-order valence-electron chi connectivity index (χ4n) is 8.83. The van der Waals surface area contributed by atoms with Gasteiger partial charge >= 0.3 is 0 Å². The number of fused-ring (bicyclic) bond motifs is 2. The van der Waals surface area contributed by atoms with E-state index in [9.17, 15) is 0 Å². The van der Waals surface area contributed by atoms with Crippen LogP contribution < -0.4 is 0 Å². The van der Waals surface area contributed by atoms with Crippen LogP contribution in [0, 0.1) is 11.8 Å². The predicted octanol–water partition coefficient (Wildman–Crippen LogP) is 13.5. The second kappa shape index (κ2) is 16.5. The molecule has 6 rings (SSSR count). The quantitative estimate of drug-likeness (QED) is 0.105. The first-order valence-corrected chi connectivity index (χ1v) is 21.7. The molecule has 0 N–H and O–H groups in total. The lowest BCUT2D eigenvalue weighted by atomic mass is 9.86. The van der Waals surface area contributed by atoms with Gasteiger partial charge < -0.3 is 0 Å². The Bertz CT molecular complexity index is 1620. The third kappa shape index (κ3) is 7.99. The molecular formula is C48H60Si. The fourth-order valence-corrected chi connectivity index (χ4v) is 11.2. The van der Waals surface area contributed by atoms with Crippen LogP contribution in [0.2, 0.25) is 12.1 Å². The molecule has 256 valence electrons. The van der Waals surface area contributed by atoms with E-state index in [4.69, 9.17) is 0 Å². The lowest BCUT2D eigenvalue weighted by Gasteiger charge is -2.22. The van der Waals surface area contributed by atoms with Gasteiger partial charge in [0.05, 0.1) is 0 Å². The van der Waals surface area contributed by atoms with Crippen molar-refractivity contribution in [2.45, 2.75) is 117 Å². The van der Waals surface area contributed by atoms with E-state index in [0.717, 1.165) is 12.8 Å². The number of hydrogen-bond donors (Lipinski definition) is 0. The zero-order valence-electron chi connectivity index (χ0n) is 31.3. The molecular weight excluding hydrogens is 605 g/mol. The summed E-state index contributed by atoms with van der Waals surface area (Å²) in [6.45, 7) is 14.1. The van der Waals surface area contributed by atoms with Gasteiger partial charge in [0.25, 0.3) is 0 Å². The number of benzene rings is 4. The number of hydrogen-bond acceptors (Lipinski definition) is 0. The Morgan fingerprint density at radius 1 is 0.531 bits per heavy atom. The Hall–Kier alpha value is -3.42. The summed E-state index contributed by atoms with van der Waals surface area (Å²) in [7, 11) is -0.324. The summed E-state index contributed by atoms with van der Waals surface area (Å²) < 4.78 is 0. The van der Waals surface area contributed by atoms with Crippen LogP contribution in [-0.4, -0.2) is 9.52 Å². The number of rotatable bonds is 16. The molecule has 4 aromatic carbocycles. The van der Waals surface area contributed by atoms with Crippen LogP contribution in [0.3, 0.4) is 0 Å². The summed E-state index contributed by atoms with van der Waals surface area (Å²) in [5, 5.41) is 0. The maximum absolute atomic E-state index is 2.65.